The van der Waals surface area contributed by atoms with Gasteiger partial charge in [-0.1, -0.05) is 0 Å². The van der Waals surface area contributed by atoms with Crippen LogP contribution in [0.5, 0.6) is 0 Å². The lowest BCUT2D eigenvalue weighted by Gasteiger charge is -2.52. The zero-order valence-electron chi connectivity index (χ0n) is 14.5. The van der Waals surface area contributed by atoms with Crippen LogP contribution >= 0.6 is 0 Å². The van der Waals surface area contributed by atoms with Crippen LogP contribution in [-0.4, -0.2) is 35.5 Å². The van der Waals surface area contributed by atoms with Crippen LogP contribution in [0, 0.1) is 5.92 Å². The fraction of sp³-hybridized carbons (Fsp3) is 0.571. The van der Waals surface area contributed by atoms with Gasteiger partial charge < -0.3 is 9.73 Å². The summed E-state index contributed by atoms with van der Waals surface area (Å²) in [4.78, 5) is 15.6. The lowest BCUT2D eigenvalue weighted by Crippen LogP contribution is -2.65. The Kier molecular flexibility index (Phi) is 2.80. The average molecular weight is 336 g/mol. The first kappa shape index (κ1) is 14.4. The van der Waals surface area contributed by atoms with Crippen LogP contribution in [0.15, 0.2) is 28.7 Å². The average Bonchev–Trinajstić information content (AvgIpc) is 3.57. The molecule has 130 valence electrons. The zero-order valence-corrected chi connectivity index (χ0v) is 14.5. The van der Waals surface area contributed by atoms with E-state index < -0.39 is 0 Å². The van der Waals surface area contributed by atoms with E-state index in [0.29, 0.717) is 17.9 Å². The number of amides is 1. The molecule has 3 saturated heterocycles. The molecule has 2 aliphatic carbocycles. The first-order valence-corrected chi connectivity index (χ1v) is 9.82. The molecule has 2 bridgehead atoms. The van der Waals surface area contributed by atoms with Crippen molar-refractivity contribution in [3.8, 4) is 0 Å². The monoisotopic (exact) mass is 336 g/mol. The summed E-state index contributed by atoms with van der Waals surface area (Å²) in [6.45, 7) is 2.45. The van der Waals surface area contributed by atoms with Crippen molar-refractivity contribution < 1.29 is 9.21 Å². The smallest absolute Gasteiger partial charge is 0.251 e. The Morgan fingerprint density at radius 1 is 1.12 bits per heavy atom. The van der Waals surface area contributed by atoms with Gasteiger partial charge in [0, 0.05) is 22.4 Å². The third-order valence-corrected chi connectivity index (χ3v) is 7.05. The van der Waals surface area contributed by atoms with Crippen LogP contribution < -0.4 is 5.32 Å². The van der Waals surface area contributed by atoms with Crippen molar-refractivity contribution >= 4 is 16.9 Å². The summed E-state index contributed by atoms with van der Waals surface area (Å²) in [5.74, 6) is 2.43. The summed E-state index contributed by atoms with van der Waals surface area (Å²) >= 11 is 0. The topological polar surface area (TPSA) is 45.5 Å². The molecular weight excluding hydrogens is 312 g/mol. The van der Waals surface area contributed by atoms with E-state index in [1.807, 2.05) is 18.2 Å². The summed E-state index contributed by atoms with van der Waals surface area (Å²) in [7, 11) is 0. The molecule has 5 aliphatic rings. The molecule has 25 heavy (non-hydrogen) atoms. The second-order valence-electron chi connectivity index (χ2n) is 8.55. The maximum atomic E-state index is 12.9. The SMILES string of the molecule is O=C(N[C@H]1C2CCN(CC2)C12CC2)c1ccc2oc(C3CC3)cc2c1. The molecule has 1 aromatic carbocycles. The molecule has 2 saturated carbocycles. The van der Waals surface area contributed by atoms with Gasteiger partial charge in [0.15, 0.2) is 0 Å². The third kappa shape index (κ3) is 2.13. The predicted molar refractivity (Wildman–Crippen MR) is 95.7 cm³/mol. The Morgan fingerprint density at radius 2 is 1.92 bits per heavy atom. The number of benzene rings is 1. The van der Waals surface area contributed by atoms with Crippen molar-refractivity contribution in [1.82, 2.24) is 10.2 Å². The van der Waals surface area contributed by atoms with E-state index in [1.165, 1.54) is 51.6 Å². The van der Waals surface area contributed by atoms with E-state index in [2.05, 4.69) is 16.3 Å². The molecule has 1 spiro atoms. The van der Waals surface area contributed by atoms with Crippen LogP contribution in [-0.2, 0) is 0 Å². The van der Waals surface area contributed by atoms with Crippen molar-refractivity contribution in [2.24, 2.45) is 5.92 Å². The molecule has 1 aromatic heterocycles. The largest absolute Gasteiger partial charge is 0.461 e. The Labute approximate surface area is 147 Å². The fourth-order valence-corrected chi connectivity index (χ4v) is 5.32. The van der Waals surface area contributed by atoms with Crippen molar-refractivity contribution in [3.05, 3.63) is 35.6 Å². The Morgan fingerprint density at radius 3 is 2.64 bits per heavy atom. The predicted octanol–water partition coefficient (Wildman–Crippen LogP) is 3.67. The van der Waals surface area contributed by atoms with E-state index in [4.69, 9.17) is 4.42 Å². The molecule has 2 aromatic rings. The highest BCUT2D eigenvalue weighted by molar-refractivity contribution is 5.98. The van der Waals surface area contributed by atoms with E-state index in [-0.39, 0.29) is 11.4 Å². The molecule has 5 fully saturated rings. The van der Waals surface area contributed by atoms with Crippen LogP contribution in [0.3, 0.4) is 0 Å². The summed E-state index contributed by atoms with van der Waals surface area (Å²) in [6, 6.07) is 8.34. The van der Waals surface area contributed by atoms with Gasteiger partial charge in [-0.15, -0.1) is 0 Å². The Hall–Kier alpha value is -1.81. The van der Waals surface area contributed by atoms with Crippen molar-refractivity contribution in [1.29, 1.82) is 0 Å². The third-order valence-electron chi connectivity index (χ3n) is 7.05. The van der Waals surface area contributed by atoms with Gasteiger partial charge in [-0.2, -0.15) is 0 Å². The number of nitrogens with zero attached hydrogens (tertiary/aromatic N) is 1. The summed E-state index contributed by atoms with van der Waals surface area (Å²) in [5, 5.41) is 4.47. The Balaban J connectivity index is 1.27. The minimum atomic E-state index is 0.0843. The number of piperidine rings is 3. The number of carbonyl (C=O) groups is 1. The molecule has 4 nitrogen and oxygen atoms in total. The highest BCUT2D eigenvalue weighted by Crippen LogP contribution is 2.53. The number of rotatable bonds is 3. The molecule has 0 radical (unpaired) electrons. The highest BCUT2D eigenvalue weighted by Gasteiger charge is 2.60. The van der Waals surface area contributed by atoms with Gasteiger partial charge in [0.2, 0.25) is 0 Å². The molecule has 1 atom stereocenters. The number of hydrogen-bond acceptors (Lipinski definition) is 3. The highest BCUT2D eigenvalue weighted by atomic mass is 16.3. The first-order valence-electron chi connectivity index (χ1n) is 9.82. The van der Waals surface area contributed by atoms with Crippen LogP contribution in [0.4, 0.5) is 0 Å². The fourth-order valence-electron chi connectivity index (χ4n) is 5.32. The van der Waals surface area contributed by atoms with Crippen LogP contribution in [0.2, 0.25) is 0 Å². The maximum Gasteiger partial charge on any atom is 0.251 e. The Bertz CT molecular complexity index is 854. The summed E-state index contributed by atoms with van der Waals surface area (Å²) < 4.78 is 5.92. The molecule has 3 aliphatic heterocycles. The minimum absolute atomic E-state index is 0.0843. The van der Waals surface area contributed by atoms with E-state index in [9.17, 15) is 4.79 Å². The molecule has 0 unspecified atom stereocenters. The summed E-state index contributed by atoms with van der Waals surface area (Å²) in [6.07, 6.45) is 7.43. The molecule has 7 rings (SSSR count). The number of nitrogens with one attached hydrogen (secondary N) is 1. The van der Waals surface area contributed by atoms with Crippen LogP contribution in [0.1, 0.15) is 60.6 Å². The minimum Gasteiger partial charge on any atom is -0.461 e. The van der Waals surface area contributed by atoms with E-state index in [0.717, 1.165) is 22.3 Å². The molecule has 4 heterocycles. The maximum absolute atomic E-state index is 12.9. The van der Waals surface area contributed by atoms with Gasteiger partial charge in [-0.05, 0) is 81.8 Å². The molecule has 1 N–H and O–H groups in total. The quantitative estimate of drug-likeness (QED) is 0.930. The number of furan rings is 1. The standard InChI is InChI=1S/C21H24N2O2/c24-20(22-19-14-5-9-23(10-6-14)21(19)7-8-21)15-3-4-17-16(11-15)12-18(25-17)13-1-2-13/h3-4,11-14,19H,1-2,5-10H2,(H,22,24)/t19-/m0/s1. The summed E-state index contributed by atoms with van der Waals surface area (Å²) in [5.41, 5.74) is 1.96. The molecule has 4 heteroatoms. The van der Waals surface area contributed by atoms with Gasteiger partial charge in [0.05, 0.1) is 6.04 Å². The van der Waals surface area contributed by atoms with Gasteiger partial charge in [-0.3, -0.25) is 9.69 Å². The molecular formula is C21H24N2O2. The number of hydrogen-bond donors (Lipinski definition) is 1. The normalized spacial score (nSPS) is 32.2. The van der Waals surface area contributed by atoms with E-state index in [1.54, 1.807) is 0 Å². The van der Waals surface area contributed by atoms with Crippen LogP contribution in [0.25, 0.3) is 11.0 Å². The van der Waals surface area contributed by atoms with Gasteiger partial charge in [0.1, 0.15) is 11.3 Å². The first-order chi connectivity index (χ1) is 12.2. The van der Waals surface area contributed by atoms with E-state index >= 15 is 0 Å². The second-order valence-corrected chi connectivity index (χ2v) is 8.55. The van der Waals surface area contributed by atoms with Crippen molar-refractivity contribution in [2.45, 2.75) is 56.0 Å². The zero-order chi connectivity index (χ0) is 16.6. The lowest BCUT2D eigenvalue weighted by molar-refractivity contribution is -0.00144. The van der Waals surface area contributed by atoms with Crippen molar-refractivity contribution in [2.75, 3.05) is 13.1 Å². The molecule has 1 amide bonds. The van der Waals surface area contributed by atoms with Gasteiger partial charge in [-0.25, -0.2) is 0 Å². The van der Waals surface area contributed by atoms with Gasteiger partial charge in [0.25, 0.3) is 5.91 Å². The van der Waals surface area contributed by atoms with Gasteiger partial charge >= 0.3 is 0 Å². The van der Waals surface area contributed by atoms with Crippen molar-refractivity contribution in [3.63, 3.8) is 0 Å². The second kappa shape index (κ2) is 4.88. The number of carbonyl (C=O) groups excluding carboxylic acids is 1. The lowest BCUT2D eigenvalue weighted by atomic mass is 9.77. The number of fused-ring (bicyclic) bond motifs is 3.